The summed E-state index contributed by atoms with van der Waals surface area (Å²) in [6.45, 7) is 1.27. The Kier molecular flexibility index (Phi) is 4.90. The molecule has 0 bridgehead atoms. The summed E-state index contributed by atoms with van der Waals surface area (Å²) in [7, 11) is 0. The normalized spacial score (nSPS) is 45.6. The number of nitrogens with one attached hydrogen (secondary N) is 1. The number of fused-ring (bicyclic) bond motifs is 1. The first-order valence-corrected chi connectivity index (χ1v) is 10.3. The zero-order valence-corrected chi connectivity index (χ0v) is 14.3. The second-order valence-corrected chi connectivity index (χ2v) is 8.70. The summed E-state index contributed by atoms with van der Waals surface area (Å²) in [4.78, 5) is 0. The van der Waals surface area contributed by atoms with E-state index in [1.54, 1.807) is 32.1 Å². The Morgan fingerprint density at radius 1 is 0.727 bits per heavy atom. The van der Waals surface area contributed by atoms with Gasteiger partial charge >= 0.3 is 0 Å². The maximum Gasteiger partial charge on any atom is 0.0101 e. The molecule has 4 aliphatic rings. The fourth-order valence-electron chi connectivity index (χ4n) is 6.49. The number of rotatable bonds is 3. The molecular formula is C21H35N. The second-order valence-electron chi connectivity index (χ2n) is 8.70. The van der Waals surface area contributed by atoms with Crippen molar-refractivity contribution in [3.63, 3.8) is 0 Å². The highest BCUT2D eigenvalue weighted by Gasteiger charge is 2.38. The van der Waals surface area contributed by atoms with E-state index < -0.39 is 0 Å². The molecule has 22 heavy (non-hydrogen) atoms. The van der Waals surface area contributed by atoms with Crippen LogP contribution in [-0.2, 0) is 0 Å². The van der Waals surface area contributed by atoms with Crippen molar-refractivity contribution in [1.82, 2.24) is 5.32 Å². The predicted octanol–water partition coefficient (Wildman–Crippen LogP) is 5.32. The van der Waals surface area contributed by atoms with Gasteiger partial charge in [0.15, 0.2) is 0 Å². The van der Waals surface area contributed by atoms with E-state index in [-0.39, 0.29) is 0 Å². The molecule has 6 unspecified atom stereocenters. The molecule has 3 aliphatic carbocycles. The van der Waals surface area contributed by atoms with Crippen LogP contribution < -0.4 is 5.32 Å². The summed E-state index contributed by atoms with van der Waals surface area (Å²) in [5, 5.41) is 3.82. The Balaban J connectivity index is 1.42. The van der Waals surface area contributed by atoms with Gasteiger partial charge in [0.25, 0.3) is 0 Å². The van der Waals surface area contributed by atoms with Gasteiger partial charge in [0.2, 0.25) is 0 Å². The summed E-state index contributed by atoms with van der Waals surface area (Å²) in [5.74, 6) is 5.20. The maximum atomic E-state index is 3.82. The van der Waals surface area contributed by atoms with Crippen LogP contribution in [0.3, 0.4) is 0 Å². The first-order valence-electron chi connectivity index (χ1n) is 10.3. The SMILES string of the molecule is C1=CCC(C2CCCN2)C(CC2CCCC3CCCCC32)C1. The first kappa shape index (κ1) is 15.2. The molecule has 1 aliphatic heterocycles. The van der Waals surface area contributed by atoms with E-state index in [0.717, 1.165) is 35.6 Å². The molecule has 0 aromatic rings. The third-order valence-electron chi connectivity index (χ3n) is 7.56. The lowest BCUT2D eigenvalue weighted by Gasteiger charge is -2.44. The van der Waals surface area contributed by atoms with Crippen LogP contribution in [0.15, 0.2) is 12.2 Å². The lowest BCUT2D eigenvalue weighted by molar-refractivity contribution is 0.0729. The van der Waals surface area contributed by atoms with Crippen molar-refractivity contribution in [2.75, 3.05) is 6.54 Å². The highest BCUT2D eigenvalue weighted by atomic mass is 14.9. The first-order chi connectivity index (χ1) is 10.9. The van der Waals surface area contributed by atoms with Gasteiger partial charge in [-0.1, -0.05) is 50.7 Å². The monoisotopic (exact) mass is 301 g/mol. The van der Waals surface area contributed by atoms with Crippen LogP contribution >= 0.6 is 0 Å². The van der Waals surface area contributed by atoms with Gasteiger partial charge < -0.3 is 5.32 Å². The zero-order valence-electron chi connectivity index (χ0n) is 14.3. The number of allylic oxidation sites excluding steroid dienone is 2. The topological polar surface area (TPSA) is 12.0 Å². The molecule has 1 heteroatoms. The fourth-order valence-corrected chi connectivity index (χ4v) is 6.49. The van der Waals surface area contributed by atoms with E-state index >= 15 is 0 Å². The van der Waals surface area contributed by atoms with Gasteiger partial charge in [-0.3, -0.25) is 0 Å². The molecule has 1 nitrogen and oxygen atoms in total. The summed E-state index contributed by atoms with van der Waals surface area (Å²) >= 11 is 0. The second kappa shape index (κ2) is 7.07. The van der Waals surface area contributed by atoms with E-state index in [1.165, 1.54) is 51.5 Å². The van der Waals surface area contributed by atoms with Gasteiger partial charge in [-0.25, -0.2) is 0 Å². The van der Waals surface area contributed by atoms with Gasteiger partial charge in [-0.05, 0) is 74.7 Å². The molecule has 0 radical (unpaired) electrons. The van der Waals surface area contributed by atoms with Crippen molar-refractivity contribution < 1.29 is 0 Å². The fraction of sp³-hybridized carbons (Fsp3) is 0.905. The molecule has 4 rings (SSSR count). The van der Waals surface area contributed by atoms with Crippen molar-refractivity contribution in [2.24, 2.45) is 29.6 Å². The van der Waals surface area contributed by atoms with Gasteiger partial charge in [0, 0.05) is 6.04 Å². The maximum absolute atomic E-state index is 3.82. The van der Waals surface area contributed by atoms with Crippen molar-refractivity contribution in [3.05, 3.63) is 12.2 Å². The molecule has 0 amide bonds. The molecule has 3 fully saturated rings. The molecule has 1 heterocycles. The van der Waals surface area contributed by atoms with E-state index in [2.05, 4.69) is 17.5 Å². The molecule has 0 spiro atoms. The summed E-state index contributed by atoms with van der Waals surface area (Å²) < 4.78 is 0. The van der Waals surface area contributed by atoms with Crippen molar-refractivity contribution in [1.29, 1.82) is 0 Å². The zero-order chi connectivity index (χ0) is 14.8. The summed E-state index contributed by atoms with van der Waals surface area (Å²) in [5.41, 5.74) is 0. The number of hydrogen-bond donors (Lipinski definition) is 1. The molecule has 1 saturated heterocycles. The minimum Gasteiger partial charge on any atom is -0.314 e. The van der Waals surface area contributed by atoms with Gasteiger partial charge in [-0.2, -0.15) is 0 Å². The smallest absolute Gasteiger partial charge is 0.0101 e. The lowest BCUT2D eigenvalue weighted by atomic mass is 9.62. The van der Waals surface area contributed by atoms with Crippen LogP contribution in [0.25, 0.3) is 0 Å². The van der Waals surface area contributed by atoms with Gasteiger partial charge in [-0.15, -0.1) is 0 Å². The van der Waals surface area contributed by atoms with E-state index in [4.69, 9.17) is 0 Å². The Morgan fingerprint density at radius 3 is 2.50 bits per heavy atom. The molecule has 6 atom stereocenters. The molecule has 1 N–H and O–H groups in total. The summed E-state index contributed by atoms with van der Waals surface area (Å²) in [6, 6.07) is 0.834. The number of hydrogen-bond acceptors (Lipinski definition) is 1. The quantitative estimate of drug-likeness (QED) is 0.696. The van der Waals surface area contributed by atoms with Crippen LogP contribution in [-0.4, -0.2) is 12.6 Å². The summed E-state index contributed by atoms with van der Waals surface area (Å²) in [6.07, 6.45) is 22.9. The Labute approximate surface area is 137 Å². The van der Waals surface area contributed by atoms with E-state index in [1.807, 2.05) is 0 Å². The van der Waals surface area contributed by atoms with Gasteiger partial charge in [0.1, 0.15) is 0 Å². The van der Waals surface area contributed by atoms with Crippen molar-refractivity contribution in [3.8, 4) is 0 Å². The van der Waals surface area contributed by atoms with Crippen molar-refractivity contribution in [2.45, 2.75) is 83.1 Å². The molecule has 0 aromatic carbocycles. The minimum absolute atomic E-state index is 0.834. The van der Waals surface area contributed by atoms with E-state index in [9.17, 15) is 0 Å². The standard InChI is InChI=1S/C21H35N/c1-3-11-19-16(7-1)9-5-10-17(19)15-18-8-2-4-12-20(18)21-13-6-14-22-21/h2,4,16-22H,1,3,5-15H2. The van der Waals surface area contributed by atoms with Gasteiger partial charge in [0.05, 0.1) is 0 Å². The third-order valence-corrected chi connectivity index (χ3v) is 7.56. The van der Waals surface area contributed by atoms with Crippen LogP contribution in [0.2, 0.25) is 0 Å². The van der Waals surface area contributed by atoms with Crippen LogP contribution in [0.1, 0.15) is 77.0 Å². The molecule has 2 saturated carbocycles. The van der Waals surface area contributed by atoms with Crippen LogP contribution in [0, 0.1) is 29.6 Å². The lowest BCUT2D eigenvalue weighted by Crippen LogP contribution is -2.39. The van der Waals surface area contributed by atoms with Crippen LogP contribution in [0.5, 0.6) is 0 Å². The Bertz CT molecular complexity index is 379. The average Bonchev–Trinajstić information content (AvgIpc) is 3.10. The predicted molar refractivity (Wildman–Crippen MR) is 93.8 cm³/mol. The molecular weight excluding hydrogens is 266 g/mol. The molecule has 0 aromatic heterocycles. The molecule has 124 valence electrons. The Morgan fingerprint density at radius 2 is 1.59 bits per heavy atom. The highest BCUT2D eigenvalue weighted by molar-refractivity contribution is 5.00. The van der Waals surface area contributed by atoms with E-state index in [0.29, 0.717) is 0 Å². The third kappa shape index (κ3) is 3.16. The van der Waals surface area contributed by atoms with Crippen molar-refractivity contribution >= 4 is 0 Å². The largest absolute Gasteiger partial charge is 0.314 e. The minimum atomic E-state index is 0.834. The average molecular weight is 302 g/mol. The Hall–Kier alpha value is -0.300. The highest BCUT2D eigenvalue weighted by Crippen LogP contribution is 2.48. The van der Waals surface area contributed by atoms with Crippen LogP contribution in [0.4, 0.5) is 0 Å².